The first kappa shape index (κ1) is 10.9. The van der Waals surface area contributed by atoms with Gasteiger partial charge in [0.15, 0.2) is 4.51 Å². The van der Waals surface area contributed by atoms with Crippen molar-refractivity contribution in [2.24, 2.45) is 0 Å². The van der Waals surface area contributed by atoms with Gasteiger partial charge in [-0.15, -0.1) is 0 Å². The fourth-order valence-electron chi connectivity index (χ4n) is 2.22. The van der Waals surface area contributed by atoms with Gasteiger partial charge in [0.2, 0.25) is 0 Å². The van der Waals surface area contributed by atoms with Gasteiger partial charge in [0.1, 0.15) is 12.7 Å². The SMILES string of the molecule is BrC1(c2ccccc2)OCCC1n1cncn1. The van der Waals surface area contributed by atoms with E-state index >= 15 is 0 Å². The molecule has 1 aromatic heterocycles. The average Bonchev–Trinajstić information content (AvgIpc) is 2.99. The second kappa shape index (κ2) is 4.23. The van der Waals surface area contributed by atoms with Crippen LogP contribution in [0.5, 0.6) is 0 Å². The number of alkyl halides is 1. The molecule has 3 rings (SSSR count). The normalized spacial score (nSPS) is 28.4. The molecule has 2 atom stereocenters. The summed E-state index contributed by atoms with van der Waals surface area (Å²) in [5.41, 5.74) is 1.11. The number of rotatable bonds is 2. The summed E-state index contributed by atoms with van der Waals surface area (Å²) >= 11 is 3.73. The van der Waals surface area contributed by atoms with Crippen LogP contribution in [0, 0.1) is 0 Å². The standard InChI is InChI=1S/C12H12BrN3O/c13-12(10-4-2-1-3-5-10)11(6-7-17-12)16-9-14-8-15-16/h1-5,8-9,11H,6-7H2. The zero-order valence-corrected chi connectivity index (χ0v) is 10.7. The summed E-state index contributed by atoms with van der Waals surface area (Å²) in [6, 6.07) is 10.3. The third-order valence-corrected chi connectivity index (χ3v) is 4.27. The Labute approximate surface area is 108 Å². The quantitative estimate of drug-likeness (QED) is 0.799. The smallest absolute Gasteiger partial charge is 0.170 e. The first-order chi connectivity index (χ1) is 8.31. The lowest BCUT2D eigenvalue weighted by Gasteiger charge is -2.28. The number of halogens is 1. The van der Waals surface area contributed by atoms with Crippen molar-refractivity contribution in [3.05, 3.63) is 48.5 Å². The van der Waals surface area contributed by atoms with E-state index < -0.39 is 4.51 Å². The largest absolute Gasteiger partial charge is 0.357 e. The molecule has 0 aliphatic carbocycles. The monoisotopic (exact) mass is 293 g/mol. The molecule has 1 aromatic carbocycles. The minimum Gasteiger partial charge on any atom is -0.357 e. The topological polar surface area (TPSA) is 39.9 Å². The number of aromatic nitrogens is 3. The number of nitrogens with zero attached hydrogens (tertiary/aromatic N) is 3. The molecule has 2 aromatic rings. The second-order valence-electron chi connectivity index (χ2n) is 4.04. The van der Waals surface area contributed by atoms with Crippen LogP contribution in [0.15, 0.2) is 43.0 Å². The molecule has 2 unspecified atom stereocenters. The van der Waals surface area contributed by atoms with Gasteiger partial charge in [-0.2, -0.15) is 5.10 Å². The van der Waals surface area contributed by atoms with Gasteiger partial charge >= 0.3 is 0 Å². The predicted octanol–water partition coefficient (Wildman–Crippen LogP) is 2.49. The molecule has 0 N–H and O–H groups in total. The van der Waals surface area contributed by atoms with Crippen LogP contribution in [0.25, 0.3) is 0 Å². The first-order valence-corrected chi connectivity index (χ1v) is 6.32. The molecule has 1 fully saturated rings. The maximum atomic E-state index is 5.89. The van der Waals surface area contributed by atoms with E-state index in [0.717, 1.165) is 12.0 Å². The van der Waals surface area contributed by atoms with Crippen molar-refractivity contribution in [2.45, 2.75) is 17.0 Å². The summed E-state index contributed by atoms with van der Waals surface area (Å²) < 4.78 is 7.25. The van der Waals surface area contributed by atoms with E-state index in [0.29, 0.717) is 6.61 Å². The van der Waals surface area contributed by atoms with Gasteiger partial charge in [-0.05, 0) is 27.9 Å². The van der Waals surface area contributed by atoms with E-state index in [1.807, 2.05) is 22.9 Å². The van der Waals surface area contributed by atoms with Gasteiger partial charge in [-0.25, -0.2) is 9.67 Å². The summed E-state index contributed by atoms with van der Waals surface area (Å²) in [5, 5.41) is 4.21. The summed E-state index contributed by atoms with van der Waals surface area (Å²) in [4.78, 5) is 4.00. The minimum atomic E-state index is -0.498. The van der Waals surface area contributed by atoms with E-state index in [1.165, 1.54) is 0 Å². The van der Waals surface area contributed by atoms with E-state index in [1.54, 1.807) is 12.7 Å². The lowest BCUT2D eigenvalue weighted by atomic mass is 10.0. The summed E-state index contributed by atoms with van der Waals surface area (Å²) in [6.07, 6.45) is 4.21. The molecular weight excluding hydrogens is 282 g/mol. The Morgan fingerprint density at radius 3 is 2.88 bits per heavy atom. The molecule has 17 heavy (non-hydrogen) atoms. The molecule has 0 amide bonds. The molecule has 0 radical (unpaired) electrons. The van der Waals surface area contributed by atoms with Crippen LogP contribution >= 0.6 is 15.9 Å². The lowest BCUT2D eigenvalue weighted by Crippen LogP contribution is -2.28. The molecule has 2 heterocycles. The third kappa shape index (κ3) is 1.79. The van der Waals surface area contributed by atoms with Crippen molar-refractivity contribution >= 4 is 15.9 Å². The van der Waals surface area contributed by atoms with Crippen molar-refractivity contribution in [2.75, 3.05) is 6.61 Å². The van der Waals surface area contributed by atoms with Crippen LogP contribution in [-0.2, 0) is 9.25 Å². The van der Waals surface area contributed by atoms with Gasteiger partial charge in [0.05, 0.1) is 12.6 Å². The Kier molecular flexibility index (Phi) is 2.72. The number of benzene rings is 1. The van der Waals surface area contributed by atoms with Crippen LogP contribution in [0.1, 0.15) is 18.0 Å². The van der Waals surface area contributed by atoms with Crippen molar-refractivity contribution in [3.63, 3.8) is 0 Å². The van der Waals surface area contributed by atoms with Gasteiger partial charge in [0.25, 0.3) is 0 Å². The van der Waals surface area contributed by atoms with Crippen LogP contribution in [0.3, 0.4) is 0 Å². The van der Waals surface area contributed by atoms with Crippen LogP contribution in [-0.4, -0.2) is 21.4 Å². The summed E-state index contributed by atoms with van der Waals surface area (Å²) in [5.74, 6) is 0. The lowest BCUT2D eigenvalue weighted by molar-refractivity contribution is 0.0636. The van der Waals surface area contributed by atoms with E-state index in [9.17, 15) is 0 Å². The van der Waals surface area contributed by atoms with Crippen molar-refractivity contribution in [1.82, 2.24) is 14.8 Å². The molecule has 5 heteroatoms. The fraction of sp³-hybridized carbons (Fsp3) is 0.333. The van der Waals surface area contributed by atoms with Crippen molar-refractivity contribution < 1.29 is 4.74 Å². The Morgan fingerprint density at radius 1 is 1.35 bits per heavy atom. The summed E-state index contributed by atoms with van der Waals surface area (Å²) in [6.45, 7) is 0.713. The highest BCUT2D eigenvalue weighted by atomic mass is 79.9. The van der Waals surface area contributed by atoms with E-state index in [-0.39, 0.29) is 6.04 Å². The number of ether oxygens (including phenoxy) is 1. The van der Waals surface area contributed by atoms with E-state index in [2.05, 4.69) is 38.1 Å². The first-order valence-electron chi connectivity index (χ1n) is 5.53. The molecule has 1 aliphatic heterocycles. The molecular formula is C12H12BrN3O. The molecule has 1 aliphatic rings. The highest BCUT2D eigenvalue weighted by molar-refractivity contribution is 9.09. The Bertz CT molecular complexity index is 488. The van der Waals surface area contributed by atoms with Gasteiger partial charge < -0.3 is 4.74 Å². The number of hydrogen-bond donors (Lipinski definition) is 0. The molecule has 88 valence electrons. The zero-order valence-electron chi connectivity index (χ0n) is 9.16. The molecule has 0 bridgehead atoms. The maximum absolute atomic E-state index is 5.89. The average molecular weight is 294 g/mol. The Morgan fingerprint density at radius 2 is 2.18 bits per heavy atom. The number of hydrogen-bond acceptors (Lipinski definition) is 3. The van der Waals surface area contributed by atoms with Crippen molar-refractivity contribution in [1.29, 1.82) is 0 Å². The van der Waals surface area contributed by atoms with Gasteiger partial charge in [0, 0.05) is 0 Å². The second-order valence-corrected chi connectivity index (χ2v) is 5.22. The minimum absolute atomic E-state index is 0.132. The molecule has 0 spiro atoms. The third-order valence-electron chi connectivity index (χ3n) is 3.06. The predicted molar refractivity (Wildman–Crippen MR) is 66.7 cm³/mol. The zero-order chi connectivity index (χ0) is 11.7. The highest BCUT2D eigenvalue weighted by Gasteiger charge is 2.45. The fourth-order valence-corrected chi connectivity index (χ4v) is 3.09. The van der Waals surface area contributed by atoms with Gasteiger partial charge in [-0.3, -0.25) is 0 Å². The molecule has 4 nitrogen and oxygen atoms in total. The molecule has 0 saturated carbocycles. The van der Waals surface area contributed by atoms with Crippen LogP contribution in [0.2, 0.25) is 0 Å². The van der Waals surface area contributed by atoms with Gasteiger partial charge in [-0.1, -0.05) is 30.3 Å². The van der Waals surface area contributed by atoms with E-state index in [4.69, 9.17) is 4.74 Å². The molecule has 1 saturated heterocycles. The Hall–Kier alpha value is -1.20. The van der Waals surface area contributed by atoms with Crippen LogP contribution < -0.4 is 0 Å². The Balaban J connectivity index is 2.01. The highest BCUT2D eigenvalue weighted by Crippen LogP contribution is 2.48. The summed E-state index contributed by atoms with van der Waals surface area (Å²) in [7, 11) is 0. The van der Waals surface area contributed by atoms with Crippen LogP contribution in [0.4, 0.5) is 0 Å². The van der Waals surface area contributed by atoms with Crippen molar-refractivity contribution in [3.8, 4) is 0 Å². The maximum Gasteiger partial charge on any atom is 0.170 e.